The molecule has 0 aliphatic carbocycles. The van der Waals surface area contributed by atoms with E-state index in [1.165, 1.54) is 5.56 Å². The van der Waals surface area contributed by atoms with Crippen LogP contribution < -0.4 is 10.6 Å². The van der Waals surface area contributed by atoms with Crippen molar-refractivity contribution < 1.29 is 14.4 Å². The zero-order valence-corrected chi connectivity index (χ0v) is 18.7. The van der Waals surface area contributed by atoms with Crippen LogP contribution in [0.15, 0.2) is 54.6 Å². The zero-order valence-electron chi connectivity index (χ0n) is 18.7. The largest absolute Gasteiger partial charge is 0.355 e. The molecule has 0 saturated carbocycles. The third-order valence-electron chi connectivity index (χ3n) is 5.71. The molecule has 1 unspecified atom stereocenters. The van der Waals surface area contributed by atoms with Crippen molar-refractivity contribution >= 4 is 17.8 Å². The Labute approximate surface area is 184 Å². The number of aryl methyl sites for hydroxylation is 1. The summed E-state index contributed by atoms with van der Waals surface area (Å²) >= 11 is 0. The van der Waals surface area contributed by atoms with E-state index < -0.39 is 17.5 Å². The Morgan fingerprint density at radius 3 is 2.29 bits per heavy atom. The maximum absolute atomic E-state index is 13.0. The van der Waals surface area contributed by atoms with Crippen molar-refractivity contribution in [2.45, 2.75) is 51.5 Å². The maximum atomic E-state index is 13.0. The van der Waals surface area contributed by atoms with E-state index in [0.717, 1.165) is 23.3 Å². The highest BCUT2D eigenvalue weighted by molar-refractivity contribution is 6.09. The molecule has 0 bridgehead atoms. The molecule has 2 aromatic carbocycles. The van der Waals surface area contributed by atoms with Crippen LogP contribution in [-0.4, -0.2) is 35.8 Å². The zero-order chi connectivity index (χ0) is 22.6. The predicted octanol–water partition coefficient (Wildman–Crippen LogP) is 3.50. The molecule has 1 fully saturated rings. The lowest BCUT2D eigenvalue weighted by Gasteiger charge is -2.24. The van der Waals surface area contributed by atoms with Crippen molar-refractivity contribution in [1.29, 1.82) is 0 Å². The molecule has 3 rings (SSSR count). The lowest BCUT2D eigenvalue weighted by Crippen LogP contribution is -2.43. The Morgan fingerprint density at radius 2 is 1.68 bits per heavy atom. The van der Waals surface area contributed by atoms with Gasteiger partial charge >= 0.3 is 6.03 Å². The first-order valence-corrected chi connectivity index (χ1v) is 10.7. The molecule has 0 spiro atoms. The summed E-state index contributed by atoms with van der Waals surface area (Å²) in [6.45, 7) is 8.23. The van der Waals surface area contributed by atoms with Crippen molar-refractivity contribution in [2.75, 3.05) is 13.1 Å². The van der Waals surface area contributed by atoms with Crippen LogP contribution >= 0.6 is 0 Å². The maximum Gasteiger partial charge on any atom is 0.325 e. The molecule has 6 heteroatoms. The van der Waals surface area contributed by atoms with Crippen molar-refractivity contribution in [1.82, 2.24) is 15.5 Å². The normalized spacial score (nSPS) is 18.8. The smallest absolute Gasteiger partial charge is 0.325 e. The third kappa shape index (κ3) is 5.13. The Balaban J connectivity index is 1.57. The van der Waals surface area contributed by atoms with E-state index in [1.807, 2.05) is 54.6 Å². The number of urea groups is 1. The summed E-state index contributed by atoms with van der Waals surface area (Å²) in [7, 11) is 0. The number of nitrogens with zero attached hydrogens (tertiary/aromatic N) is 1. The molecule has 6 nitrogen and oxygen atoms in total. The van der Waals surface area contributed by atoms with Gasteiger partial charge < -0.3 is 10.6 Å². The molecule has 164 valence electrons. The van der Waals surface area contributed by atoms with Crippen LogP contribution in [0, 0.1) is 0 Å². The fraction of sp³-hybridized carbons (Fsp3) is 0.400. The van der Waals surface area contributed by atoms with Crippen molar-refractivity contribution in [3.05, 3.63) is 71.3 Å². The van der Waals surface area contributed by atoms with Crippen molar-refractivity contribution in [3.8, 4) is 0 Å². The van der Waals surface area contributed by atoms with Crippen molar-refractivity contribution in [3.63, 3.8) is 0 Å². The van der Waals surface area contributed by atoms with Crippen LogP contribution in [0.3, 0.4) is 0 Å². The quantitative estimate of drug-likeness (QED) is 0.531. The van der Waals surface area contributed by atoms with E-state index in [2.05, 4.69) is 31.4 Å². The first kappa shape index (κ1) is 22.5. The molecule has 0 aromatic heterocycles. The SMILES string of the molecule is CC(C)(C)c1ccc(C2(C)NC(=O)N(CC(=O)NCCCc3ccccc3)C2=O)cc1. The summed E-state index contributed by atoms with van der Waals surface area (Å²) in [5.41, 5.74) is 1.86. The predicted molar refractivity (Wildman–Crippen MR) is 121 cm³/mol. The fourth-order valence-corrected chi connectivity index (χ4v) is 3.70. The van der Waals surface area contributed by atoms with E-state index in [0.29, 0.717) is 12.1 Å². The van der Waals surface area contributed by atoms with Crippen LogP contribution in [0.5, 0.6) is 0 Å². The number of amides is 4. The molecular weight excluding hydrogens is 390 g/mol. The van der Waals surface area contributed by atoms with Gasteiger partial charge in [-0.15, -0.1) is 0 Å². The van der Waals surface area contributed by atoms with E-state index in [9.17, 15) is 14.4 Å². The monoisotopic (exact) mass is 421 g/mol. The molecule has 4 amide bonds. The fourth-order valence-electron chi connectivity index (χ4n) is 3.70. The van der Waals surface area contributed by atoms with Gasteiger partial charge in [-0.05, 0) is 41.9 Å². The molecule has 1 saturated heterocycles. The minimum Gasteiger partial charge on any atom is -0.355 e. The number of carbonyl (C=O) groups is 3. The highest BCUT2D eigenvalue weighted by atomic mass is 16.2. The Kier molecular flexibility index (Phi) is 6.48. The number of hydrogen-bond acceptors (Lipinski definition) is 3. The standard InChI is InChI=1S/C25H31N3O3/c1-24(2,3)19-12-14-20(15-13-19)25(4)22(30)28(23(31)27-25)17-21(29)26-16-8-11-18-9-6-5-7-10-18/h5-7,9-10,12-15H,8,11,16-17H2,1-4H3,(H,26,29)(H,27,31). The number of carbonyl (C=O) groups excluding carboxylic acids is 3. The third-order valence-corrected chi connectivity index (χ3v) is 5.71. The van der Waals surface area contributed by atoms with Gasteiger partial charge in [0.05, 0.1) is 0 Å². The van der Waals surface area contributed by atoms with E-state index in [4.69, 9.17) is 0 Å². The van der Waals surface area contributed by atoms with Crippen LogP contribution in [-0.2, 0) is 27.0 Å². The second-order valence-electron chi connectivity index (χ2n) is 9.21. The van der Waals surface area contributed by atoms with E-state index in [-0.39, 0.29) is 17.9 Å². The summed E-state index contributed by atoms with van der Waals surface area (Å²) in [5, 5.41) is 5.56. The Hall–Kier alpha value is -3.15. The summed E-state index contributed by atoms with van der Waals surface area (Å²) in [6.07, 6.45) is 1.64. The van der Waals surface area contributed by atoms with Gasteiger partial charge in [0.25, 0.3) is 5.91 Å². The van der Waals surface area contributed by atoms with Crippen LogP contribution in [0.25, 0.3) is 0 Å². The number of rotatable bonds is 7. The molecule has 2 aromatic rings. The van der Waals surface area contributed by atoms with Gasteiger partial charge in [-0.3, -0.25) is 14.5 Å². The molecular formula is C25H31N3O3. The van der Waals surface area contributed by atoms with Gasteiger partial charge in [-0.1, -0.05) is 75.4 Å². The summed E-state index contributed by atoms with van der Waals surface area (Å²) in [6, 6.07) is 17.2. The summed E-state index contributed by atoms with van der Waals surface area (Å²) < 4.78 is 0. The highest BCUT2D eigenvalue weighted by Crippen LogP contribution is 2.31. The topological polar surface area (TPSA) is 78.5 Å². The minimum atomic E-state index is -1.18. The van der Waals surface area contributed by atoms with Gasteiger partial charge in [0.2, 0.25) is 5.91 Å². The van der Waals surface area contributed by atoms with Gasteiger partial charge in [0.1, 0.15) is 12.1 Å². The Bertz CT molecular complexity index is 948. The van der Waals surface area contributed by atoms with Gasteiger partial charge in [-0.2, -0.15) is 0 Å². The van der Waals surface area contributed by atoms with Crippen LogP contribution in [0.1, 0.15) is 50.8 Å². The second kappa shape index (κ2) is 8.92. The molecule has 31 heavy (non-hydrogen) atoms. The Morgan fingerprint density at radius 1 is 1.03 bits per heavy atom. The summed E-state index contributed by atoms with van der Waals surface area (Å²) in [5.74, 6) is -0.760. The molecule has 1 heterocycles. The lowest BCUT2D eigenvalue weighted by atomic mass is 9.84. The van der Waals surface area contributed by atoms with Gasteiger partial charge in [0, 0.05) is 6.54 Å². The molecule has 2 N–H and O–H groups in total. The first-order chi connectivity index (χ1) is 14.6. The van der Waals surface area contributed by atoms with Crippen molar-refractivity contribution in [2.24, 2.45) is 0 Å². The average molecular weight is 422 g/mol. The highest BCUT2D eigenvalue weighted by Gasteiger charge is 2.49. The van der Waals surface area contributed by atoms with Crippen LogP contribution in [0.2, 0.25) is 0 Å². The second-order valence-corrected chi connectivity index (χ2v) is 9.21. The first-order valence-electron chi connectivity index (χ1n) is 10.7. The number of benzene rings is 2. The summed E-state index contributed by atoms with van der Waals surface area (Å²) in [4.78, 5) is 38.8. The van der Waals surface area contributed by atoms with Gasteiger partial charge in [0.15, 0.2) is 0 Å². The number of imide groups is 1. The minimum absolute atomic E-state index is 0.00694. The van der Waals surface area contributed by atoms with E-state index >= 15 is 0 Å². The van der Waals surface area contributed by atoms with Crippen LogP contribution in [0.4, 0.5) is 4.79 Å². The van der Waals surface area contributed by atoms with Gasteiger partial charge in [-0.25, -0.2) is 4.79 Å². The average Bonchev–Trinajstić information content (AvgIpc) is 2.95. The van der Waals surface area contributed by atoms with E-state index in [1.54, 1.807) is 6.92 Å². The molecule has 1 aliphatic rings. The molecule has 1 atom stereocenters. The lowest BCUT2D eigenvalue weighted by molar-refractivity contribution is -0.134. The molecule has 0 radical (unpaired) electrons. The number of hydrogen-bond donors (Lipinski definition) is 2. The molecule has 1 aliphatic heterocycles. The number of nitrogens with one attached hydrogen (secondary N) is 2.